The van der Waals surface area contributed by atoms with Crippen molar-refractivity contribution in [3.05, 3.63) is 41.2 Å². The molecule has 0 aliphatic heterocycles. The molecule has 2 rings (SSSR count). The number of methoxy groups -OCH3 is 2. The second-order valence-corrected chi connectivity index (χ2v) is 5.01. The molecular formula is C16H23N3O2. The van der Waals surface area contributed by atoms with Gasteiger partial charge in [0.2, 0.25) is 0 Å². The molecule has 1 aromatic heterocycles. The Morgan fingerprint density at radius 2 is 2.05 bits per heavy atom. The minimum Gasteiger partial charge on any atom is -0.494 e. The Balaban J connectivity index is 2.22. The molecule has 2 aromatic rings. The van der Waals surface area contributed by atoms with Gasteiger partial charge in [-0.25, -0.2) is 4.68 Å². The van der Waals surface area contributed by atoms with E-state index in [1.807, 2.05) is 23.0 Å². The summed E-state index contributed by atoms with van der Waals surface area (Å²) in [5, 5.41) is 7.84. The zero-order chi connectivity index (χ0) is 15.2. The van der Waals surface area contributed by atoms with Gasteiger partial charge in [-0.2, -0.15) is 5.10 Å². The minimum absolute atomic E-state index is 0.707. The van der Waals surface area contributed by atoms with E-state index < -0.39 is 0 Å². The van der Waals surface area contributed by atoms with Crippen LogP contribution in [-0.2, 0) is 11.3 Å². The zero-order valence-corrected chi connectivity index (χ0v) is 13.1. The summed E-state index contributed by atoms with van der Waals surface area (Å²) in [6.07, 6.45) is 1.90. The maximum absolute atomic E-state index is 5.44. The van der Waals surface area contributed by atoms with Crippen molar-refractivity contribution >= 4 is 0 Å². The minimum atomic E-state index is 0.707. The first-order valence-corrected chi connectivity index (χ1v) is 7.05. The van der Waals surface area contributed by atoms with Gasteiger partial charge in [-0.05, 0) is 31.5 Å². The van der Waals surface area contributed by atoms with Gasteiger partial charge in [0, 0.05) is 31.5 Å². The molecule has 1 N–H and O–H groups in total. The first kappa shape index (κ1) is 15.5. The van der Waals surface area contributed by atoms with E-state index in [4.69, 9.17) is 9.47 Å². The summed E-state index contributed by atoms with van der Waals surface area (Å²) >= 11 is 0. The molecule has 0 fully saturated rings. The highest BCUT2D eigenvalue weighted by Crippen LogP contribution is 2.25. The molecule has 114 valence electrons. The van der Waals surface area contributed by atoms with Crippen LogP contribution in [-0.4, -0.2) is 37.2 Å². The third-order valence-electron chi connectivity index (χ3n) is 3.47. The van der Waals surface area contributed by atoms with Gasteiger partial charge in [-0.1, -0.05) is 6.07 Å². The number of benzene rings is 1. The molecule has 5 nitrogen and oxygen atoms in total. The van der Waals surface area contributed by atoms with Crippen LogP contribution in [0, 0.1) is 13.8 Å². The number of aryl methyl sites for hydroxylation is 1. The molecule has 0 spiro atoms. The zero-order valence-electron chi connectivity index (χ0n) is 13.1. The second-order valence-electron chi connectivity index (χ2n) is 5.01. The Hall–Kier alpha value is -1.85. The molecule has 0 saturated heterocycles. The highest BCUT2D eigenvalue weighted by Gasteiger charge is 2.12. The summed E-state index contributed by atoms with van der Waals surface area (Å²) < 4.78 is 12.4. The fourth-order valence-corrected chi connectivity index (χ4v) is 2.22. The number of rotatable bonds is 7. The van der Waals surface area contributed by atoms with Crippen molar-refractivity contribution in [3.8, 4) is 11.4 Å². The second kappa shape index (κ2) is 7.24. The molecule has 0 aliphatic rings. The number of hydrogen-bond donors (Lipinski definition) is 1. The van der Waals surface area contributed by atoms with E-state index in [-0.39, 0.29) is 0 Å². The highest BCUT2D eigenvalue weighted by molar-refractivity contribution is 5.49. The molecule has 0 aliphatic carbocycles. The molecule has 1 heterocycles. The van der Waals surface area contributed by atoms with Crippen LogP contribution in [0.15, 0.2) is 24.4 Å². The summed E-state index contributed by atoms with van der Waals surface area (Å²) in [6, 6.07) is 6.09. The predicted octanol–water partition coefficient (Wildman–Crippen LogP) is 2.23. The maximum atomic E-state index is 5.44. The van der Waals surface area contributed by atoms with Crippen LogP contribution >= 0.6 is 0 Å². The van der Waals surface area contributed by atoms with Gasteiger partial charge in [0.05, 0.1) is 19.9 Å². The lowest BCUT2D eigenvalue weighted by molar-refractivity contribution is 0.199. The van der Waals surface area contributed by atoms with E-state index in [1.165, 1.54) is 11.1 Å². The van der Waals surface area contributed by atoms with Gasteiger partial charge < -0.3 is 14.8 Å². The monoisotopic (exact) mass is 289 g/mol. The van der Waals surface area contributed by atoms with Crippen molar-refractivity contribution in [3.63, 3.8) is 0 Å². The van der Waals surface area contributed by atoms with Crippen molar-refractivity contribution in [2.24, 2.45) is 0 Å². The van der Waals surface area contributed by atoms with Crippen LogP contribution in [0.3, 0.4) is 0 Å². The number of aromatic nitrogens is 2. The number of nitrogens with zero attached hydrogens (tertiary/aromatic N) is 2. The average molecular weight is 289 g/mol. The Bertz CT molecular complexity index is 593. The van der Waals surface area contributed by atoms with Gasteiger partial charge in [-0.15, -0.1) is 0 Å². The largest absolute Gasteiger partial charge is 0.494 e. The normalized spacial score (nSPS) is 10.9. The van der Waals surface area contributed by atoms with Gasteiger partial charge in [0.15, 0.2) is 0 Å². The Morgan fingerprint density at radius 3 is 2.76 bits per heavy atom. The van der Waals surface area contributed by atoms with E-state index in [1.54, 1.807) is 14.2 Å². The number of ether oxygens (including phenoxy) is 2. The Labute approximate surface area is 125 Å². The summed E-state index contributed by atoms with van der Waals surface area (Å²) in [5.74, 6) is 0.825. The van der Waals surface area contributed by atoms with Gasteiger partial charge >= 0.3 is 0 Å². The first-order chi connectivity index (χ1) is 10.2. The van der Waals surface area contributed by atoms with E-state index >= 15 is 0 Å². The van der Waals surface area contributed by atoms with Crippen LogP contribution in [0.1, 0.15) is 16.8 Å². The van der Waals surface area contributed by atoms with Gasteiger partial charge in [0.1, 0.15) is 11.4 Å². The SMILES string of the molecule is COCCNCc1cnn(-c2cc(C)ccc2OC)c1C. The average Bonchev–Trinajstić information content (AvgIpc) is 2.85. The van der Waals surface area contributed by atoms with Crippen molar-refractivity contribution in [2.75, 3.05) is 27.4 Å². The highest BCUT2D eigenvalue weighted by atomic mass is 16.5. The van der Waals surface area contributed by atoms with E-state index in [0.29, 0.717) is 6.61 Å². The lowest BCUT2D eigenvalue weighted by atomic mass is 10.2. The molecule has 0 saturated carbocycles. The standard InChI is InChI=1S/C16H23N3O2/c1-12-5-6-16(21-4)15(9-12)19-13(2)14(11-18-19)10-17-7-8-20-3/h5-6,9,11,17H,7-8,10H2,1-4H3. The van der Waals surface area contributed by atoms with E-state index in [2.05, 4.69) is 30.3 Å². The van der Waals surface area contributed by atoms with Crippen molar-refractivity contribution in [2.45, 2.75) is 20.4 Å². The fourth-order valence-electron chi connectivity index (χ4n) is 2.22. The summed E-state index contributed by atoms with van der Waals surface area (Å²) in [7, 11) is 3.38. The van der Waals surface area contributed by atoms with E-state index in [0.717, 1.165) is 30.2 Å². The summed E-state index contributed by atoms with van der Waals surface area (Å²) in [4.78, 5) is 0. The van der Waals surface area contributed by atoms with Crippen LogP contribution in [0.4, 0.5) is 0 Å². The lowest BCUT2D eigenvalue weighted by Crippen LogP contribution is -2.18. The molecule has 1 aromatic carbocycles. The van der Waals surface area contributed by atoms with Crippen molar-refractivity contribution in [1.29, 1.82) is 0 Å². The molecule has 0 amide bonds. The predicted molar refractivity (Wildman–Crippen MR) is 83.2 cm³/mol. The topological polar surface area (TPSA) is 48.3 Å². The van der Waals surface area contributed by atoms with Crippen molar-refractivity contribution < 1.29 is 9.47 Å². The van der Waals surface area contributed by atoms with Crippen molar-refractivity contribution in [1.82, 2.24) is 15.1 Å². The summed E-state index contributed by atoms with van der Waals surface area (Å²) in [5.41, 5.74) is 4.44. The van der Waals surface area contributed by atoms with Crippen LogP contribution in [0.25, 0.3) is 5.69 Å². The molecule has 21 heavy (non-hydrogen) atoms. The maximum Gasteiger partial charge on any atom is 0.144 e. The lowest BCUT2D eigenvalue weighted by Gasteiger charge is -2.11. The molecule has 0 atom stereocenters. The molecule has 0 radical (unpaired) electrons. The van der Waals surface area contributed by atoms with Crippen LogP contribution in [0.5, 0.6) is 5.75 Å². The molecule has 5 heteroatoms. The third kappa shape index (κ3) is 3.62. The Kier molecular flexibility index (Phi) is 5.36. The number of hydrogen-bond acceptors (Lipinski definition) is 4. The van der Waals surface area contributed by atoms with Gasteiger partial charge in [0.25, 0.3) is 0 Å². The summed E-state index contributed by atoms with van der Waals surface area (Å²) in [6.45, 7) is 6.45. The molecule has 0 unspecified atom stereocenters. The molecular weight excluding hydrogens is 266 g/mol. The first-order valence-electron chi connectivity index (χ1n) is 7.05. The molecule has 0 bridgehead atoms. The van der Waals surface area contributed by atoms with Crippen LogP contribution in [0.2, 0.25) is 0 Å². The fraction of sp³-hybridized carbons (Fsp3) is 0.438. The van der Waals surface area contributed by atoms with Gasteiger partial charge in [-0.3, -0.25) is 0 Å². The van der Waals surface area contributed by atoms with Crippen LogP contribution < -0.4 is 10.1 Å². The smallest absolute Gasteiger partial charge is 0.144 e. The number of nitrogens with one attached hydrogen (secondary N) is 1. The Morgan fingerprint density at radius 1 is 1.24 bits per heavy atom. The quantitative estimate of drug-likeness (QED) is 0.794. The van der Waals surface area contributed by atoms with E-state index in [9.17, 15) is 0 Å². The third-order valence-corrected chi connectivity index (χ3v) is 3.47.